The van der Waals surface area contributed by atoms with Crippen molar-refractivity contribution in [1.82, 2.24) is 19.5 Å². The third-order valence-electron chi connectivity index (χ3n) is 3.89. The van der Waals surface area contributed by atoms with E-state index in [1.54, 1.807) is 36.2 Å². The molecule has 0 aromatic carbocycles. The number of nitrogens with zero attached hydrogens (tertiary/aromatic N) is 6. The average Bonchev–Trinajstić information content (AvgIpc) is 3.18. The van der Waals surface area contributed by atoms with Crippen molar-refractivity contribution < 1.29 is 14.2 Å². The molecule has 24 heavy (non-hydrogen) atoms. The molecule has 3 aromatic heterocycles. The van der Waals surface area contributed by atoms with E-state index in [1.807, 2.05) is 0 Å². The molecule has 0 amide bonds. The minimum absolute atomic E-state index is 0.0891. The predicted molar refractivity (Wildman–Crippen MR) is 81.8 cm³/mol. The monoisotopic (exact) mass is 330 g/mol. The summed E-state index contributed by atoms with van der Waals surface area (Å²) in [6, 6.07) is 4.82. The number of rotatable bonds is 3. The van der Waals surface area contributed by atoms with E-state index in [-0.39, 0.29) is 11.6 Å². The Morgan fingerprint density at radius 3 is 3.00 bits per heavy atom. The van der Waals surface area contributed by atoms with Gasteiger partial charge in [-0.3, -0.25) is 0 Å². The van der Waals surface area contributed by atoms with Gasteiger partial charge >= 0.3 is 5.82 Å². The SMILES string of the molecule is Cc1noc([C@H]2COCCN2c2nc3ccccn3c2[N+](=O)[O-])n1. The highest BCUT2D eigenvalue weighted by Crippen LogP contribution is 2.35. The van der Waals surface area contributed by atoms with Gasteiger partial charge in [-0.1, -0.05) is 11.2 Å². The van der Waals surface area contributed by atoms with Crippen LogP contribution in [-0.2, 0) is 4.74 Å². The number of fused-ring (bicyclic) bond motifs is 1. The molecule has 0 bridgehead atoms. The fourth-order valence-corrected chi connectivity index (χ4v) is 2.84. The summed E-state index contributed by atoms with van der Waals surface area (Å²) in [5.41, 5.74) is 0.506. The number of morpholine rings is 1. The lowest BCUT2D eigenvalue weighted by Gasteiger charge is -2.32. The molecule has 0 aliphatic carbocycles. The van der Waals surface area contributed by atoms with E-state index in [2.05, 4.69) is 15.1 Å². The predicted octanol–water partition coefficient (Wildman–Crippen LogP) is 1.51. The molecule has 1 saturated heterocycles. The van der Waals surface area contributed by atoms with Crippen molar-refractivity contribution in [2.24, 2.45) is 0 Å². The summed E-state index contributed by atoms with van der Waals surface area (Å²) in [4.78, 5) is 21.7. The van der Waals surface area contributed by atoms with Crippen molar-refractivity contribution in [1.29, 1.82) is 0 Å². The second-order valence-corrected chi connectivity index (χ2v) is 5.41. The maximum atomic E-state index is 11.6. The van der Waals surface area contributed by atoms with Gasteiger partial charge in [0.15, 0.2) is 5.82 Å². The van der Waals surface area contributed by atoms with Crippen LogP contribution >= 0.6 is 0 Å². The largest absolute Gasteiger partial charge is 0.377 e. The molecule has 0 unspecified atom stereocenters. The Morgan fingerprint density at radius 2 is 2.25 bits per heavy atom. The number of anilines is 1. The molecule has 0 radical (unpaired) electrons. The van der Waals surface area contributed by atoms with Gasteiger partial charge in [0.1, 0.15) is 6.04 Å². The first-order valence-electron chi connectivity index (χ1n) is 7.41. The summed E-state index contributed by atoms with van der Waals surface area (Å²) in [7, 11) is 0. The van der Waals surface area contributed by atoms with E-state index in [1.165, 1.54) is 4.40 Å². The lowest BCUT2D eigenvalue weighted by atomic mass is 10.2. The number of aromatic nitrogens is 4. The third kappa shape index (κ3) is 2.27. The van der Waals surface area contributed by atoms with E-state index in [0.717, 1.165) is 0 Å². The Bertz CT molecular complexity index is 904. The third-order valence-corrected chi connectivity index (χ3v) is 3.89. The summed E-state index contributed by atoms with van der Waals surface area (Å²) in [5, 5.41) is 15.4. The molecular weight excluding hydrogens is 316 g/mol. The second kappa shape index (κ2) is 5.57. The van der Waals surface area contributed by atoms with Crippen LogP contribution < -0.4 is 4.90 Å². The Hall–Kier alpha value is -3.01. The summed E-state index contributed by atoms with van der Waals surface area (Å²) >= 11 is 0. The molecule has 4 rings (SSSR count). The highest BCUT2D eigenvalue weighted by atomic mass is 16.6. The molecule has 1 atom stereocenters. The van der Waals surface area contributed by atoms with Gasteiger partial charge in [0.2, 0.25) is 11.5 Å². The Balaban J connectivity index is 1.85. The van der Waals surface area contributed by atoms with Gasteiger partial charge in [0, 0.05) is 12.6 Å². The van der Waals surface area contributed by atoms with Gasteiger partial charge in [0.25, 0.3) is 5.89 Å². The fourth-order valence-electron chi connectivity index (χ4n) is 2.84. The topological polar surface area (TPSA) is 112 Å². The molecule has 1 aliphatic rings. The van der Waals surface area contributed by atoms with Gasteiger partial charge in [0.05, 0.1) is 19.4 Å². The Labute approximate surface area is 135 Å². The van der Waals surface area contributed by atoms with E-state index in [4.69, 9.17) is 9.26 Å². The van der Waals surface area contributed by atoms with Crippen LogP contribution in [0.15, 0.2) is 28.9 Å². The van der Waals surface area contributed by atoms with Crippen LogP contribution in [0.3, 0.4) is 0 Å². The zero-order valence-electron chi connectivity index (χ0n) is 12.8. The number of aryl methyl sites for hydroxylation is 1. The zero-order valence-corrected chi connectivity index (χ0v) is 12.8. The maximum absolute atomic E-state index is 11.6. The van der Waals surface area contributed by atoms with Crippen LogP contribution in [-0.4, -0.2) is 44.2 Å². The van der Waals surface area contributed by atoms with E-state index in [9.17, 15) is 10.1 Å². The molecule has 3 aromatic rings. The molecule has 10 heteroatoms. The minimum atomic E-state index is -0.430. The van der Waals surface area contributed by atoms with Gasteiger partial charge in [-0.25, -0.2) is 0 Å². The molecule has 0 spiro atoms. The average molecular weight is 330 g/mol. The molecule has 124 valence electrons. The normalized spacial score (nSPS) is 18.2. The van der Waals surface area contributed by atoms with Gasteiger partial charge < -0.3 is 24.3 Å². The summed E-state index contributed by atoms with van der Waals surface area (Å²) < 4.78 is 12.2. The lowest BCUT2D eigenvalue weighted by Crippen LogP contribution is -2.40. The molecule has 0 saturated carbocycles. The van der Waals surface area contributed by atoms with Crippen LogP contribution in [0.1, 0.15) is 17.8 Å². The molecule has 0 N–H and O–H groups in total. The number of nitro groups is 1. The van der Waals surface area contributed by atoms with Gasteiger partial charge in [-0.2, -0.15) is 14.4 Å². The van der Waals surface area contributed by atoms with Gasteiger partial charge in [-0.15, -0.1) is 0 Å². The quantitative estimate of drug-likeness (QED) is 0.525. The van der Waals surface area contributed by atoms with Gasteiger partial charge in [-0.05, 0) is 17.9 Å². The standard InChI is InChI=1S/C14H14N6O4/c1-9-15-13(24-17-9)10-8-23-7-6-18(10)12-14(20(21)22)19-5-3-2-4-11(19)16-12/h2-5,10H,6-8H2,1H3/t10-/m1/s1. The van der Waals surface area contributed by atoms with E-state index >= 15 is 0 Å². The second-order valence-electron chi connectivity index (χ2n) is 5.41. The Kier molecular flexibility index (Phi) is 3.38. The Morgan fingerprint density at radius 1 is 1.38 bits per heavy atom. The number of hydrogen-bond donors (Lipinski definition) is 0. The first kappa shape index (κ1) is 14.6. The number of imidazole rings is 1. The van der Waals surface area contributed by atoms with Crippen LogP contribution in [0, 0.1) is 17.0 Å². The van der Waals surface area contributed by atoms with Crippen molar-refractivity contribution in [2.45, 2.75) is 13.0 Å². The van der Waals surface area contributed by atoms with Crippen LogP contribution in [0.5, 0.6) is 0 Å². The van der Waals surface area contributed by atoms with E-state index in [0.29, 0.717) is 37.1 Å². The van der Waals surface area contributed by atoms with Crippen molar-refractivity contribution in [2.75, 3.05) is 24.7 Å². The summed E-state index contributed by atoms with van der Waals surface area (Å²) in [6.45, 7) is 2.90. The molecule has 1 fully saturated rings. The number of pyridine rings is 1. The highest BCUT2D eigenvalue weighted by molar-refractivity contribution is 5.64. The van der Waals surface area contributed by atoms with Crippen molar-refractivity contribution >= 4 is 17.3 Å². The molecule has 4 heterocycles. The maximum Gasteiger partial charge on any atom is 0.372 e. The lowest BCUT2D eigenvalue weighted by molar-refractivity contribution is -0.389. The fraction of sp³-hybridized carbons (Fsp3) is 0.357. The van der Waals surface area contributed by atoms with Crippen molar-refractivity contribution in [3.05, 3.63) is 46.2 Å². The summed E-state index contributed by atoms with van der Waals surface area (Å²) in [6.07, 6.45) is 1.62. The zero-order chi connectivity index (χ0) is 16.7. The van der Waals surface area contributed by atoms with Crippen LogP contribution in [0.2, 0.25) is 0 Å². The van der Waals surface area contributed by atoms with Crippen LogP contribution in [0.25, 0.3) is 5.65 Å². The molecular formula is C14H14N6O4. The van der Waals surface area contributed by atoms with Crippen LogP contribution in [0.4, 0.5) is 11.6 Å². The van der Waals surface area contributed by atoms with Crippen molar-refractivity contribution in [3.8, 4) is 0 Å². The molecule has 10 nitrogen and oxygen atoms in total. The van der Waals surface area contributed by atoms with Crippen molar-refractivity contribution in [3.63, 3.8) is 0 Å². The number of ether oxygens (including phenoxy) is 1. The number of hydrogen-bond acceptors (Lipinski definition) is 8. The smallest absolute Gasteiger partial charge is 0.372 e. The van der Waals surface area contributed by atoms with E-state index < -0.39 is 11.0 Å². The first-order valence-corrected chi connectivity index (χ1v) is 7.41. The highest BCUT2D eigenvalue weighted by Gasteiger charge is 2.36. The summed E-state index contributed by atoms with van der Waals surface area (Å²) in [5.74, 6) is 1.04. The minimum Gasteiger partial charge on any atom is -0.377 e. The first-order chi connectivity index (χ1) is 11.6. The molecule has 1 aliphatic heterocycles.